The van der Waals surface area contributed by atoms with Gasteiger partial charge in [0.25, 0.3) is 0 Å². The van der Waals surface area contributed by atoms with Gasteiger partial charge < -0.3 is 5.32 Å². The van der Waals surface area contributed by atoms with Gasteiger partial charge >= 0.3 is 0 Å². The van der Waals surface area contributed by atoms with Crippen molar-refractivity contribution in [2.24, 2.45) is 0 Å². The average molecular weight is 248 g/mol. The molecule has 1 N–H and O–H groups in total. The number of sulfone groups is 1. The second kappa shape index (κ2) is 6.57. The lowest BCUT2D eigenvalue weighted by Crippen LogP contribution is -2.52. The maximum atomic E-state index is 11.6. The van der Waals surface area contributed by atoms with E-state index in [0.29, 0.717) is 24.1 Å². The van der Waals surface area contributed by atoms with E-state index in [1.165, 1.54) is 0 Å². The molecule has 5 heteroatoms. The monoisotopic (exact) mass is 248 g/mol. The molecule has 1 aliphatic heterocycles. The van der Waals surface area contributed by atoms with Gasteiger partial charge in [-0.05, 0) is 12.8 Å². The average Bonchev–Trinajstić information content (AvgIpc) is 2.27. The Balaban J connectivity index is 2.41. The van der Waals surface area contributed by atoms with Gasteiger partial charge in [0.2, 0.25) is 0 Å². The molecule has 1 fully saturated rings. The third kappa shape index (κ3) is 4.39. The lowest BCUT2D eigenvalue weighted by Gasteiger charge is -2.35. The first-order valence-corrected chi connectivity index (χ1v) is 8.06. The Labute approximate surface area is 99.3 Å². The molecule has 1 atom stereocenters. The van der Waals surface area contributed by atoms with E-state index in [0.717, 1.165) is 32.5 Å². The van der Waals surface area contributed by atoms with Crippen LogP contribution < -0.4 is 5.32 Å². The van der Waals surface area contributed by atoms with Crippen molar-refractivity contribution in [2.75, 3.05) is 37.7 Å². The number of hydrogen-bond acceptors (Lipinski definition) is 4. The van der Waals surface area contributed by atoms with E-state index in [-0.39, 0.29) is 0 Å². The number of hydrogen-bond donors (Lipinski definition) is 1. The molecule has 0 saturated carbocycles. The summed E-state index contributed by atoms with van der Waals surface area (Å²) in [4.78, 5) is 2.31. The minimum absolute atomic E-state index is 0.317. The standard InChI is InChI=1S/C11H24N2O2S/c1-3-8-16(14,15)9-7-13-6-5-12-10-11(13)4-2/h11-12H,3-10H2,1-2H3. The van der Waals surface area contributed by atoms with Gasteiger partial charge in [0.15, 0.2) is 9.84 Å². The summed E-state index contributed by atoms with van der Waals surface area (Å²) in [6.45, 7) is 7.71. The van der Waals surface area contributed by atoms with Crippen molar-refractivity contribution >= 4 is 9.84 Å². The lowest BCUT2D eigenvalue weighted by atomic mass is 10.1. The summed E-state index contributed by atoms with van der Waals surface area (Å²) in [5.74, 6) is 0.646. The smallest absolute Gasteiger partial charge is 0.151 e. The fourth-order valence-electron chi connectivity index (χ4n) is 2.17. The molecule has 16 heavy (non-hydrogen) atoms. The summed E-state index contributed by atoms with van der Waals surface area (Å²) in [6, 6.07) is 0.505. The van der Waals surface area contributed by atoms with E-state index >= 15 is 0 Å². The summed E-state index contributed by atoms with van der Waals surface area (Å²) in [5.41, 5.74) is 0. The first-order chi connectivity index (χ1) is 7.59. The van der Waals surface area contributed by atoms with E-state index in [1.54, 1.807) is 0 Å². The Morgan fingerprint density at radius 1 is 1.31 bits per heavy atom. The SMILES string of the molecule is CCCS(=O)(=O)CCN1CCNCC1CC. The van der Waals surface area contributed by atoms with E-state index in [1.807, 2.05) is 6.92 Å². The Kier molecular flexibility index (Phi) is 5.72. The number of nitrogens with one attached hydrogen (secondary N) is 1. The fraction of sp³-hybridized carbons (Fsp3) is 1.00. The van der Waals surface area contributed by atoms with Gasteiger partial charge in [-0.2, -0.15) is 0 Å². The van der Waals surface area contributed by atoms with Crippen LogP contribution >= 0.6 is 0 Å². The van der Waals surface area contributed by atoms with Gasteiger partial charge in [-0.25, -0.2) is 8.42 Å². The third-order valence-corrected chi connectivity index (χ3v) is 4.98. The normalized spacial score (nSPS) is 23.5. The molecular weight excluding hydrogens is 224 g/mol. The lowest BCUT2D eigenvalue weighted by molar-refractivity contribution is 0.166. The van der Waals surface area contributed by atoms with Gasteiger partial charge in [-0.15, -0.1) is 0 Å². The second-order valence-corrected chi connectivity index (χ2v) is 6.76. The summed E-state index contributed by atoms with van der Waals surface area (Å²) < 4.78 is 23.3. The van der Waals surface area contributed by atoms with Crippen LogP contribution in [0.5, 0.6) is 0 Å². The molecule has 0 amide bonds. The summed E-state index contributed by atoms with van der Waals surface area (Å²) in [7, 11) is -2.82. The molecular formula is C11H24N2O2S. The van der Waals surface area contributed by atoms with Crippen LogP contribution in [0.3, 0.4) is 0 Å². The molecule has 1 aliphatic rings. The van der Waals surface area contributed by atoms with Crippen molar-refractivity contribution in [3.05, 3.63) is 0 Å². The largest absolute Gasteiger partial charge is 0.314 e. The zero-order valence-electron chi connectivity index (χ0n) is 10.4. The first-order valence-electron chi connectivity index (χ1n) is 6.24. The molecule has 96 valence electrons. The molecule has 0 radical (unpaired) electrons. The van der Waals surface area contributed by atoms with Crippen LogP contribution in [-0.2, 0) is 9.84 Å². The molecule has 0 spiro atoms. The van der Waals surface area contributed by atoms with Crippen molar-refractivity contribution in [1.29, 1.82) is 0 Å². The van der Waals surface area contributed by atoms with Gasteiger partial charge in [-0.3, -0.25) is 4.90 Å². The van der Waals surface area contributed by atoms with Crippen molar-refractivity contribution < 1.29 is 8.42 Å². The molecule has 0 aliphatic carbocycles. The first kappa shape index (κ1) is 13.9. The number of rotatable bonds is 6. The van der Waals surface area contributed by atoms with Crippen LogP contribution in [0.1, 0.15) is 26.7 Å². The molecule has 0 aromatic heterocycles. The van der Waals surface area contributed by atoms with Crippen molar-refractivity contribution in [1.82, 2.24) is 10.2 Å². The maximum Gasteiger partial charge on any atom is 0.151 e. The highest BCUT2D eigenvalue weighted by Gasteiger charge is 2.21. The highest BCUT2D eigenvalue weighted by molar-refractivity contribution is 7.91. The minimum atomic E-state index is -2.82. The van der Waals surface area contributed by atoms with E-state index in [2.05, 4.69) is 17.1 Å². The molecule has 0 aromatic rings. The summed E-state index contributed by atoms with van der Waals surface area (Å²) in [5, 5.41) is 3.35. The Morgan fingerprint density at radius 3 is 2.69 bits per heavy atom. The predicted octanol–water partition coefficient (Wildman–Crippen LogP) is 0.495. The minimum Gasteiger partial charge on any atom is -0.314 e. The molecule has 1 heterocycles. The predicted molar refractivity (Wildman–Crippen MR) is 67.5 cm³/mol. The van der Waals surface area contributed by atoms with Crippen LogP contribution in [0.2, 0.25) is 0 Å². The number of nitrogens with zero attached hydrogens (tertiary/aromatic N) is 1. The topological polar surface area (TPSA) is 49.4 Å². The van der Waals surface area contributed by atoms with E-state index in [9.17, 15) is 8.42 Å². The highest BCUT2D eigenvalue weighted by Crippen LogP contribution is 2.07. The molecule has 4 nitrogen and oxygen atoms in total. The summed E-state index contributed by atoms with van der Waals surface area (Å²) in [6.07, 6.45) is 1.81. The quantitative estimate of drug-likeness (QED) is 0.743. The Morgan fingerprint density at radius 2 is 2.06 bits per heavy atom. The van der Waals surface area contributed by atoms with Crippen molar-refractivity contribution in [3.63, 3.8) is 0 Å². The molecule has 1 unspecified atom stereocenters. The van der Waals surface area contributed by atoms with Crippen molar-refractivity contribution in [3.8, 4) is 0 Å². The fourth-order valence-corrected chi connectivity index (χ4v) is 3.51. The van der Waals surface area contributed by atoms with Gasteiger partial charge in [0.05, 0.1) is 5.75 Å². The highest BCUT2D eigenvalue weighted by atomic mass is 32.2. The van der Waals surface area contributed by atoms with E-state index < -0.39 is 9.84 Å². The zero-order chi connectivity index (χ0) is 12.0. The molecule has 1 saturated heterocycles. The third-order valence-electron chi connectivity index (χ3n) is 3.15. The molecule has 1 rings (SSSR count). The van der Waals surface area contributed by atoms with Gasteiger partial charge in [0, 0.05) is 38.0 Å². The van der Waals surface area contributed by atoms with Crippen LogP contribution in [0, 0.1) is 0 Å². The maximum absolute atomic E-state index is 11.6. The second-order valence-electron chi connectivity index (χ2n) is 4.45. The van der Waals surface area contributed by atoms with Crippen LogP contribution in [0.25, 0.3) is 0 Å². The van der Waals surface area contributed by atoms with Crippen LogP contribution in [-0.4, -0.2) is 57.0 Å². The number of piperazine rings is 1. The van der Waals surface area contributed by atoms with E-state index in [4.69, 9.17) is 0 Å². The Bertz CT molecular complexity index is 290. The van der Waals surface area contributed by atoms with Gasteiger partial charge in [-0.1, -0.05) is 13.8 Å². The van der Waals surface area contributed by atoms with Gasteiger partial charge in [0.1, 0.15) is 0 Å². The van der Waals surface area contributed by atoms with Crippen LogP contribution in [0.15, 0.2) is 0 Å². The molecule has 0 bridgehead atoms. The molecule has 0 aromatic carbocycles. The Hall–Kier alpha value is -0.130. The van der Waals surface area contributed by atoms with Crippen LogP contribution in [0.4, 0.5) is 0 Å². The zero-order valence-corrected chi connectivity index (χ0v) is 11.2. The van der Waals surface area contributed by atoms with Crippen molar-refractivity contribution in [2.45, 2.75) is 32.7 Å². The summed E-state index contributed by atoms with van der Waals surface area (Å²) >= 11 is 0.